The largest absolute Gasteiger partial charge is 0.454 e. The lowest BCUT2D eigenvalue weighted by atomic mass is 10.2. The number of hydrogen-bond donors (Lipinski definition) is 0. The molecule has 8 heteroatoms. The molecule has 0 N–H and O–H groups in total. The summed E-state index contributed by atoms with van der Waals surface area (Å²) in [4.78, 5) is 12.3. The van der Waals surface area contributed by atoms with Crippen molar-refractivity contribution in [2.45, 2.75) is 5.22 Å². The normalized spacial score (nSPS) is 12.4. The van der Waals surface area contributed by atoms with Crippen molar-refractivity contribution in [3.8, 4) is 23.0 Å². The van der Waals surface area contributed by atoms with E-state index < -0.39 is 0 Å². The van der Waals surface area contributed by atoms with Crippen molar-refractivity contribution in [2.75, 3.05) is 6.79 Å². The lowest BCUT2D eigenvalue weighted by Gasteiger charge is -2.00. The van der Waals surface area contributed by atoms with Crippen LogP contribution in [0, 0.1) is 0 Å². The van der Waals surface area contributed by atoms with E-state index in [2.05, 4.69) is 26.1 Å². The average Bonchev–Trinajstić information content (AvgIpc) is 3.24. The minimum atomic E-state index is -0.209. The molecule has 0 saturated heterocycles. The topological polar surface area (TPSA) is 74.5 Å². The lowest BCUT2D eigenvalue weighted by Crippen LogP contribution is -1.94. The maximum Gasteiger partial charge on any atom is 0.284 e. The molecule has 3 aromatic rings. The van der Waals surface area contributed by atoms with Crippen molar-refractivity contribution < 1.29 is 18.7 Å². The molecule has 0 saturated carbocycles. The summed E-state index contributed by atoms with van der Waals surface area (Å²) < 4.78 is 17.0. The van der Waals surface area contributed by atoms with Crippen LogP contribution in [-0.4, -0.2) is 22.1 Å². The first-order chi connectivity index (χ1) is 11.7. The Morgan fingerprint density at radius 1 is 1.04 bits per heavy atom. The van der Waals surface area contributed by atoms with Gasteiger partial charge in [-0.1, -0.05) is 15.9 Å². The van der Waals surface area contributed by atoms with Gasteiger partial charge in [0.1, 0.15) is 0 Å². The molecule has 0 fully saturated rings. The molecule has 0 bridgehead atoms. The standard InChI is InChI=1S/C16H9BrN2O4S/c17-11-4-1-9(2-5-11)14-18-19-16(23-14)24-15(20)10-3-6-12-13(7-10)22-8-21-12/h1-7H,8H2. The Morgan fingerprint density at radius 3 is 2.67 bits per heavy atom. The predicted molar refractivity (Wildman–Crippen MR) is 90.2 cm³/mol. The molecule has 4 rings (SSSR count). The summed E-state index contributed by atoms with van der Waals surface area (Å²) in [6.07, 6.45) is 0. The van der Waals surface area contributed by atoms with Crippen molar-refractivity contribution in [3.63, 3.8) is 0 Å². The number of halogens is 1. The van der Waals surface area contributed by atoms with Crippen LogP contribution in [-0.2, 0) is 0 Å². The van der Waals surface area contributed by atoms with Gasteiger partial charge in [0.15, 0.2) is 11.5 Å². The van der Waals surface area contributed by atoms with Gasteiger partial charge >= 0.3 is 0 Å². The van der Waals surface area contributed by atoms with Gasteiger partial charge in [0.25, 0.3) is 5.22 Å². The van der Waals surface area contributed by atoms with Crippen molar-refractivity contribution in [1.82, 2.24) is 10.2 Å². The molecule has 0 atom stereocenters. The highest BCUT2D eigenvalue weighted by atomic mass is 79.9. The van der Waals surface area contributed by atoms with E-state index in [4.69, 9.17) is 13.9 Å². The van der Waals surface area contributed by atoms with Gasteiger partial charge in [-0.2, -0.15) is 0 Å². The number of ether oxygens (including phenoxy) is 2. The fraction of sp³-hybridized carbons (Fsp3) is 0.0625. The molecule has 2 aromatic carbocycles. The van der Waals surface area contributed by atoms with Gasteiger partial charge in [0, 0.05) is 27.4 Å². The van der Waals surface area contributed by atoms with E-state index in [1.165, 1.54) is 0 Å². The zero-order chi connectivity index (χ0) is 16.5. The number of nitrogens with zero attached hydrogens (tertiary/aromatic N) is 2. The second kappa shape index (κ2) is 6.29. The first-order valence-corrected chi connectivity index (χ1v) is 8.51. The maximum atomic E-state index is 12.3. The Bertz CT molecular complexity index is 911. The van der Waals surface area contributed by atoms with Crippen molar-refractivity contribution in [1.29, 1.82) is 0 Å². The summed E-state index contributed by atoms with van der Waals surface area (Å²) in [5, 5.41) is 7.86. The summed E-state index contributed by atoms with van der Waals surface area (Å²) in [7, 11) is 0. The van der Waals surface area contributed by atoms with Crippen molar-refractivity contribution >= 4 is 32.8 Å². The zero-order valence-corrected chi connectivity index (χ0v) is 14.5. The fourth-order valence-corrected chi connectivity index (χ4v) is 2.99. The molecule has 0 radical (unpaired) electrons. The van der Waals surface area contributed by atoms with E-state index in [0.29, 0.717) is 23.0 Å². The molecule has 1 aliphatic rings. The van der Waals surface area contributed by atoms with Crippen LogP contribution in [0.5, 0.6) is 11.5 Å². The summed E-state index contributed by atoms with van der Waals surface area (Å²) in [5.41, 5.74) is 1.26. The summed E-state index contributed by atoms with van der Waals surface area (Å²) in [6, 6.07) is 12.5. The Balaban J connectivity index is 1.51. The maximum absolute atomic E-state index is 12.3. The third-order valence-corrected chi connectivity index (χ3v) is 4.58. The number of hydrogen-bond acceptors (Lipinski definition) is 7. The predicted octanol–water partition coefficient (Wildman–Crippen LogP) is 4.16. The van der Waals surface area contributed by atoms with Crippen LogP contribution in [0.1, 0.15) is 10.4 Å². The number of thioether (sulfide) groups is 1. The quantitative estimate of drug-likeness (QED) is 0.606. The van der Waals surface area contributed by atoms with Crippen LogP contribution in [0.15, 0.2) is 56.6 Å². The highest BCUT2D eigenvalue weighted by molar-refractivity contribution is 9.10. The van der Waals surface area contributed by atoms with Gasteiger partial charge in [-0.3, -0.25) is 4.79 Å². The first-order valence-electron chi connectivity index (χ1n) is 6.90. The smallest absolute Gasteiger partial charge is 0.284 e. The number of benzene rings is 2. The third kappa shape index (κ3) is 3.02. The zero-order valence-electron chi connectivity index (χ0n) is 12.1. The molecular weight excluding hydrogens is 396 g/mol. The van der Waals surface area contributed by atoms with Crippen LogP contribution >= 0.6 is 27.7 Å². The van der Waals surface area contributed by atoms with E-state index in [-0.39, 0.29) is 17.1 Å². The Hall–Kier alpha value is -2.32. The van der Waals surface area contributed by atoms with Gasteiger partial charge in [-0.15, -0.1) is 10.2 Å². The average molecular weight is 405 g/mol. The summed E-state index contributed by atoms with van der Waals surface area (Å²) in [6.45, 7) is 0.167. The molecule has 1 aliphatic heterocycles. The molecule has 0 spiro atoms. The molecule has 0 aliphatic carbocycles. The van der Waals surface area contributed by atoms with Gasteiger partial charge in [-0.05, 0) is 42.5 Å². The fourth-order valence-electron chi connectivity index (χ4n) is 2.12. The van der Waals surface area contributed by atoms with E-state index in [0.717, 1.165) is 21.8 Å². The van der Waals surface area contributed by atoms with Crippen molar-refractivity contribution in [3.05, 3.63) is 52.5 Å². The highest BCUT2D eigenvalue weighted by Gasteiger charge is 2.19. The summed E-state index contributed by atoms with van der Waals surface area (Å²) >= 11 is 4.24. The number of carbonyl (C=O) groups excluding carboxylic acids is 1. The van der Waals surface area contributed by atoms with Crippen LogP contribution in [0.3, 0.4) is 0 Å². The molecule has 1 aromatic heterocycles. The number of aromatic nitrogens is 2. The number of rotatable bonds is 3. The molecule has 120 valence electrons. The molecule has 2 heterocycles. The third-order valence-electron chi connectivity index (χ3n) is 3.29. The van der Waals surface area contributed by atoms with E-state index in [1.54, 1.807) is 18.2 Å². The molecule has 0 unspecified atom stereocenters. The Morgan fingerprint density at radius 2 is 1.83 bits per heavy atom. The second-order valence-corrected chi connectivity index (χ2v) is 6.68. The SMILES string of the molecule is O=C(Sc1nnc(-c2ccc(Br)cc2)o1)c1ccc2c(c1)OCO2. The second-order valence-electron chi connectivity index (χ2n) is 4.84. The van der Waals surface area contributed by atoms with Crippen LogP contribution < -0.4 is 9.47 Å². The van der Waals surface area contributed by atoms with Crippen LogP contribution in [0.25, 0.3) is 11.5 Å². The van der Waals surface area contributed by atoms with Crippen LogP contribution in [0.4, 0.5) is 0 Å². The molecule has 24 heavy (non-hydrogen) atoms. The Labute approximate surface area is 149 Å². The molecule has 0 amide bonds. The van der Waals surface area contributed by atoms with Gasteiger partial charge < -0.3 is 13.9 Å². The monoisotopic (exact) mass is 404 g/mol. The highest BCUT2D eigenvalue weighted by Crippen LogP contribution is 2.34. The summed E-state index contributed by atoms with van der Waals surface area (Å²) in [5.74, 6) is 1.55. The lowest BCUT2D eigenvalue weighted by molar-refractivity contribution is 0.108. The van der Waals surface area contributed by atoms with Gasteiger partial charge in [0.2, 0.25) is 17.8 Å². The molecular formula is C16H9BrN2O4S. The minimum Gasteiger partial charge on any atom is -0.454 e. The van der Waals surface area contributed by atoms with E-state index in [9.17, 15) is 4.79 Å². The number of fused-ring (bicyclic) bond motifs is 1. The van der Waals surface area contributed by atoms with Gasteiger partial charge in [0.05, 0.1) is 0 Å². The van der Waals surface area contributed by atoms with Gasteiger partial charge in [-0.25, -0.2) is 0 Å². The number of carbonyl (C=O) groups is 1. The van der Waals surface area contributed by atoms with Crippen LogP contribution in [0.2, 0.25) is 0 Å². The van der Waals surface area contributed by atoms with Crippen molar-refractivity contribution in [2.24, 2.45) is 0 Å². The first kappa shape index (κ1) is 15.2. The van der Waals surface area contributed by atoms with E-state index in [1.807, 2.05) is 24.3 Å². The minimum absolute atomic E-state index is 0.167. The molecule has 6 nitrogen and oxygen atoms in total. The van der Waals surface area contributed by atoms with E-state index >= 15 is 0 Å². The Kier molecular flexibility index (Phi) is 3.99.